The second-order valence-electron chi connectivity index (χ2n) is 10.4. The number of aromatic carboxylic acids is 1. The van der Waals surface area contributed by atoms with Gasteiger partial charge in [-0.1, -0.05) is 0 Å². The molecule has 0 aromatic carbocycles. The Labute approximate surface area is 216 Å². The van der Waals surface area contributed by atoms with Gasteiger partial charge in [-0.2, -0.15) is 9.80 Å². The van der Waals surface area contributed by atoms with E-state index in [9.17, 15) is 19.5 Å². The molecule has 14 heteroatoms. The lowest BCUT2D eigenvalue weighted by Crippen LogP contribution is -2.67. The van der Waals surface area contributed by atoms with Crippen molar-refractivity contribution in [3.8, 4) is 0 Å². The maximum atomic E-state index is 15.4. The number of carboxylic acid groups (broad SMARTS) is 1. The second kappa shape index (κ2) is 9.54. The molecule has 5 heterocycles. The number of piperazine rings is 2. The fraction of sp³-hybridized carbons (Fsp3) is 0.583. The van der Waals surface area contributed by atoms with Crippen molar-refractivity contribution in [3.63, 3.8) is 0 Å². The molecule has 0 bridgehead atoms. The fourth-order valence-corrected chi connectivity index (χ4v) is 5.61. The number of aromatic nitrogens is 4. The molecule has 6 rings (SSSR count). The highest BCUT2D eigenvalue weighted by Crippen LogP contribution is 2.37. The highest BCUT2D eigenvalue weighted by atomic mass is 19.1. The number of halogens is 1. The summed E-state index contributed by atoms with van der Waals surface area (Å²) in [6.07, 6.45) is 2.81. The van der Waals surface area contributed by atoms with E-state index < -0.39 is 28.5 Å². The van der Waals surface area contributed by atoms with Crippen LogP contribution in [0, 0.1) is 5.82 Å². The Morgan fingerprint density at radius 1 is 1.13 bits per heavy atom. The minimum Gasteiger partial charge on any atom is -0.477 e. The predicted octanol–water partition coefficient (Wildman–Crippen LogP) is -0.340. The molecule has 1 saturated carbocycles. The third-order valence-corrected chi connectivity index (χ3v) is 7.74. The van der Waals surface area contributed by atoms with Gasteiger partial charge in [0.2, 0.25) is 5.43 Å². The SMILES string of the molecule is CC1CNCCN1N(Cn1nc2c(F)cc3c(=O)c(C(=O)O)cn(C4CC4)c3n2c1=O)N1CCNCC1C. The van der Waals surface area contributed by atoms with Gasteiger partial charge in [0, 0.05) is 63.6 Å². The smallest absolute Gasteiger partial charge is 0.353 e. The van der Waals surface area contributed by atoms with Gasteiger partial charge in [-0.25, -0.2) is 28.4 Å². The lowest BCUT2D eigenvalue weighted by molar-refractivity contribution is -0.243. The molecule has 0 spiro atoms. The van der Waals surface area contributed by atoms with Crippen LogP contribution in [0.3, 0.4) is 0 Å². The molecule has 2 atom stereocenters. The van der Waals surface area contributed by atoms with Gasteiger partial charge in [0.25, 0.3) is 0 Å². The van der Waals surface area contributed by atoms with Crippen LogP contribution in [0.2, 0.25) is 0 Å². The Hall–Kier alpha value is -3.17. The maximum Gasteiger partial charge on any atom is 0.353 e. The van der Waals surface area contributed by atoms with Crippen molar-refractivity contribution in [3.05, 3.63) is 44.4 Å². The average molecular weight is 530 g/mol. The van der Waals surface area contributed by atoms with Crippen molar-refractivity contribution in [1.29, 1.82) is 0 Å². The van der Waals surface area contributed by atoms with Gasteiger partial charge in [0.05, 0.1) is 5.39 Å². The third kappa shape index (κ3) is 4.12. The Morgan fingerprint density at radius 3 is 2.32 bits per heavy atom. The maximum absolute atomic E-state index is 15.4. The van der Waals surface area contributed by atoms with Crippen molar-refractivity contribution in [2.75, 3.05) is 39.3 Å². The molecule has 3 aromatic heterocycles. The Kier molecular flexibility index (Phi) is 6.31. The first-order chi connectivity index (χ1) is 18.3. The summed E-state index contributed by atoms with van der Waals surface area (Å²) in [5, 5.41) is 27.0. The van der Waals surface area contributed by atoms with Crippen molar-refractivity contribution in [1.82, 2.24) is 44.5 Å². The first-order valence-electron chi connectivity index (χ1n) is 13.1. The van der Waals surface area contributed by atoms with Gasteiger partial charge >= 0.3 is 11.7 Å². The van der Waals surface area contributed by atoms with E-state index in [1.807, 2.05) is 5.12 Å². The standard InChI is InChI=1S/C24H32FN9O4/c1-14-10-26-5-7-31(14)33(32-8-6-27-11-15(32)2)13-30-24(38)34-21(28-30)19(25)9-17-20(35)18(23(36)37)12-29(22(17)34)16-3-4-16/h9,12,14-16,26-27H,3-8,10-11,13H2,1-2H3,(H,36,37). The molecule has 3 aliphatic rings. The zero-order chi connectivity index (χ0) is 26.7. The molecule has 3 fully saturated rings. The minimum absolute atomic E-state index is 0.0665. The second-order valence-corrected chi connectivity index (χ2v) is 10.4. The van der Waals surface area contributed by atoms with E-state index in [0.29, 0.717) is 0 Å². The highest BCUT2D eigenvalue weighted by molar-refractivity contribution is 5.92. The Bertz CT molecular complexity index is 1510. The molecule has 0 radical (unpaired) electrons. The zero-order valence-electron chi connectivity index (χ0n) is 21.4. The third-order valence-electron chi connectivity index (χ3n) is 7.74. The number of hydrogen-bond donors (Lipinski definition) is 3. The fourth-order valence-electron chi connectivity index (χ4n) is 5.61. The molecule has 2 unspecified atom stereocenters. The number of nitrogens with one attached hydrogen (secondary N) is 2. The van der Waals surface area contributed by atoms with Crippen LogP contribution in [0.1, 0.15) is 43.1 Å². The van der Waals surface area contributed by atoms with Gasteiger partial charge in [0.1, 0.15) is 17.9 Å². The van der Waals surface area contributed by atoms with E-state index in [4.69, 9.17) is 0 Å². The normalized spacial score (nSPS) is 23.6. The molecular formula is C24H32FN9O4. The molecule has 38 heavy (non-hydrogen) atoms. The lowest BCUT2D eigenvalue weighted by Gasteiger charge is -2.49. The van der Waals surface area contributed by atoms with Crippen LogP contribution >= 0.6 is 0 Å². The van der Waals surface area contributed by atoms with Crippen LogP contribution in [0.15, 0.2) is 21.9 Å². The molecule has 0 amide bonds. The topological polar surface area (TPSA) is 132 Å². The van der Waals surface area contributed by atoms with Crippen molar-refractivity contribution in [2.45, 2.75) is 51.5 Å². The number of pyridine rings is 2. The number of hydrazine groups is 2. The summed E-state index contributed by atoms with van der Waals surface area (Å²) in [7, 11) is 0. The summed E-state index contributed by atoms with van der Waals surface area (Å²) < 4.78 is 19.3. The molecule has 1 aliphatic carbocycles. The van der Waals surface area contributed by atoms with Crippen molar-refractivity contribution in [2.24, 2.45) is 0 Å². The van der Waals surface area contributed by atoms with E-state index in [2.05, 4.69) is 39.6 Å². The van der Waals surface area contributed by atoms with Crippen LogP contribution in [-0.4, -0.2) is 96.3 Å². The van der Waals surface area contributed by atoms with Crippen LogP contribution in [0.4, 0.5) is 4.39 Å². The Morgan fingerprint density at radius 2 is 1.76 bits per heavy atom. The largest absolute Gasteiger partial charge is 0.477 e. The molecule has 3 aromatic rings. The van der Waals surface area contributed by atoms with E-state index in [1.165, 1.54) is 10.9 Å². The van der Waals surface area contributed by atoms with E-state index in [1.54, 1.807) is 4.57 Å². The van der Waals surface area contributed by atoms with Gasteiger partial charge in [-0.05, 0) is 32.8 Å². The van der Waals surface area contributed by atoms with Gasteiger partial charge < -0.3 is 20.3 Å². The highest BCUT2D eigenvalue weighted by Gasteiger charge is 2.34. The number of carboxylic acids is 1. The summed E-state index contributed by atoms with van der Waals surface area (Å²) in [5.41, 5.74) is -1.88. The molecular weight excluding hydrogens is 497 g/mol. The van der Waals surface area contributed by atoms with Gasteiger partial charge in [-0.3, -0.25) is 4.79 Å². The van der Waals surface area contributed by atoms with E-state index in [-0.39, 0.29) is 41.5 Å². The van der Waals surface area contributed by atoms with Gasteiger partial charge in [0.15, 0.2) is 11.5 Å². The van der Waals surface area contributed by atoms with Crippen LogP contribution in [0.25, 0.3) is 16.7 Å². The molecule has 2 aliphatic heterocycles. The van der Waals surface area contributed by atoms with Crippen LogP contribution in [0.5, 0.6) is 0 Å². The molecule has 3 N–H and O–H groups in total. The first kappa shape index (κ1) is 25.1. The minimum atomic E-state index is -1.39. The lowest BCUT2D eigenvalue weighted by atomic mass is 10.2. The van der Waals surface area contributed by atoms with Crippen LogP contribution in [-0.2, 0) is 6.67 Å². The quantitative estimate of drug-likeness (QED) is 0.390. The zero-order valence-corrected chi connectivity index (χ0v) is 21.4. The van der Waals surface area contributed by atoms with Crippen molar-refractivity contribution >= 4 is 22.6 Å². The summed E-state index contributed by atoms with van der Waals surface area (Å²) in [5.74, 6) is -2.24. The number of fused-ring (bicyclic) bond motifs is 3. The Balaban J connectivity index is 1.52. The number of rotatable bonds is 6. The summed E-state index contributed by atoms with van der Waals surface area (Å²) in [4.78, 5) is 38.6. The van der Waals surface area contributed by atoms with E-state index >= 15 is 4.39 Å². The molecule has 2 saturated heterocycles. The molecule has 204 valence electrons. The number of hydrogen-bond acceptors (Lipinski definition) is 9. The van der Waals surface area contributed by atoms with Crippen LogP contribution < -0.4 is 21.8 Å². The summed E-state index contributed by atoms with van der Waals surface area (Å²) >= 11 is 0. The van der Waals surface area contributed by atoms with E-state index in [0.717, 1.165) is 62.6 Å². The monoisotopic (exact) mass is 529 g/mol. The average Bonchev–Trinajstić information content (AvgIpc) is 3.68. The number of carbonyl (C=O) groups is 1. The number of nitrogens with zero attached hydrogens (tertiary/aromatic N) is 7. The summed E-state index contributed by atoms with van der Waals surface area (Å²) in [6.45, 7) is 8.91. The predicted molar refractivity (Wildman–Crippen MR) is 136 cm³/mol. The van der Waals surface area contributed by atoms with Crippen molar-refractivity contribution < 1.29 is 14.3 Å². The summed E-state index contributed by atoms with van der Waals surface area (Å²) in [6, 6.07) is 1.25. The first-order valence-corrected chi connectivity index (χ1v) is 13.1. The molecule has 13 nitrogen and oxygen atoms in total. The van der Waals surface area contributed by atoms with Gasteiger partial charge in [-0.15, -0.1) is 5.10 Å².